The largest absolute Gasteiger partial charge is 0.403 e. The van der Waals surface area contributed by atoms with E-state index in [4.69, 9.17) is 0 Å². The van der Waals surface area contributed by atoms with Gasteiger partial charge in [0.05, 0.1) is 17.9 Å². The van der Waals surface area contributed by atoms with Gasteiger partial charge in [-0.3, -0.25) is 34.1 Å². The number of piperidine rings is 2. The number of anilines is 1. The van der Waals surface area contributed by atoms with E-state index >= 15 is 0 Å². The molecule has 0 spiro atoms. The van der Waals surface area contributed by atoms with Gasteiger partial charge >= 0.3 is 6.18 Å². The van der Waals surface area contributed by atoms with Gasteiger partial charge in [-0.25, -0.2) is 0 Å². The molecule has 7 rings (SSSR count). The summed E-state index contributed by atoms with van der Waals surface area (Å²) in [6.07, 6.45) is 0.981. The number of imide groups is 1. The number of rotatable bonds is 5. The Labute approximate surface area is 238 Å². The zero-order valence-electron chi connectivity index (χ0n) is 22.6. The summed E-state index contributed by atoms with van der Waals surface area (Å²) in [6, 6.07) is 8.54. The minimum absolute atomic E-state index is 0.0173. The van der Waals surface area contributed by atoms with E-state index in [2.05, 4.69) is 10.4 Å². The Morgan fingerprint density at radius 3 is 2.50 bits per heavy atom. The van der Waals surface area contributed by atoms with Crippen molar-refractivity contribution >= 4 is 40.1 Å². The first-order valence-corrected chi connectivity index (χ1v) is 14.2. The summed E-state index contributed by atoms with van der Waals surface area (Å²) in [5.74, 6) is -1.87. The van der Waals surface area contributed by atoms with Gasteiger partial charge in [-0.2, -0.15) is 18.3 Å². The minimum atomic E-state index is -4.50. The number of halogens is 3. The monoisotopic (exact) mass is 579 g/mol. The number of carbonyl (C=O) groups is 4. The second-order valence-corrected chi connectivity index (χ2v) is 11.7. The predicted octanol–water partition coefficient (Wildman–Crippen LogP) is 3.90. The average Bonchev–Trinajstić information content (AvgIpc) is 3.59. The first kappa shape index (κ1) is 26.7. The van der Waals surface area contributed by atoms with Crippen LogP contribution in [-0.4, -0.2) is 63.6 Å². The molecule has 1 atom stereocenters. The number of hydrogen-bond acceptors (Lipinski definition) is 5. The van der Waals surface area contributed by atoms with Crippen LogP contribution < -0.4 is 10.2 Å². The number of nitrogens with zero attached hydrogens (tertiary/aromatic N) is 4. The van der Waals surface area contributed by atoms with Gasteiger partial charge in [0.1, 0.15) is 11.5 Å². The van der Waals surface area contributed by atoms with Gasteiger partial charge in [-0.1, -0.05) is 18.2 Å². The number of amides is 4. The lowest BCUT2D eigenvalue weighted by Gasteiger charge is -2.35. The molecule has 0 bridgehead atoms. The van der Waals surface area contributed by atoms with E-state index in [1.165, 1.54) is 9.80 Å². The maximum Gasteiger partial charge on any atom is 0.403 e. The number of likely N-dealkylation sites (tertiary alicyclic amines) is 1. The van der Waals surface area contributed by atoms with Crippen molar-refractivity contribution in [3.63, 3.8) is 0 Å². The molecule has 1 aromatic heterocycles. The zero-order valence-corrected chi connectivity index (χ0v) is 22.6. The molecule has 218 valence electrons. The second kappa shape index (κ2) is 9.40. The van der Waals surface area contributed by atoms with E-state index in [1.807, 2.05) is 35.1 Å². The molecular weight excluding hydrogens is 551 g/mol. The van der Waals surface area contributed by atoms with Crippen molar-refractivity contribution in [3.8, 4) is 0 Å². The second-order valence-electron chi connectivity index (χ2n) is 11.7. The molecule has 4 amide bonds. The summed E-state index contributed by atoms with van der Waals surface area (Å²) in [5, 5.41) is 8.54. The van der Waals surface area contributed by atoms with Crippen LogP contribution in [-0.2, 0) is 20.8 Å². The standard InChI is InChI=1S/C30H28F3N5O4/c31-30(32,33)29(10-11-29)28(42)36-12-8-19(9-13-36)37-16-17(15-34-37)14-18-4-5-22-25-20(18)2-1-3-21(25)27(41)38(22)23-6-7-24(39)35-26(23)40/h1-5,15-16,19,23H,6-14H2,(H,35,39,40). The lowest BCUT2D eigenvalue weighted by Crippen LogP contribution is -2.53. The Morgan fingerprint density at radius 1 is 1.05 bits per heavy atom. The quantitative estimate of drug-likeness (QED) is 0.462. The molecule has 0 radical (unpaired) electrons. The van der Waals surface area contributed by atoms with Crippen LogP contribution in [0.5, 0.6) is 0 Å². The number of nitrogens with one attached hydrogen (secondary N) is 1. The van der Waals surface area contributed by atoms with E-state index in [0.717, 1.165) is 21.9 Å². The van der Waals surface area contributed by atoms with Crippen LogP contribution in [0.1, 0.15) is 66.1 Å². The molecule has 3 aromatic rings. The summed E-state index contributed by atoms with van der Waals surface area (Å²) in [5.41, 5.74) is 0.913. The van der Waals surface area contributed by atoms with Crippen LogP contribution in [0.2, 0.25) is 0 Å². The fourth-order valence-corrected chi connectivity index (χ4v) is 6.73. The summed E-state index contributed by atoms with van der Waals surface area (Å²) in [6.45, 7) is 0.534. The van der Waals surface area contributed by atoms with Crippen LogP contribution in [0.4, 0.5) is 18.9 Å². The SMILES string of the molecule is O=C1CCC(N2C(=O)c3cccc4c(Cc5cnn(C6CCN(C(=O)C7(C(F)(F)F)CC7)CC6)c5)ccc2c34)C(=O)N1. The number of hydrogen-bond donors (Lipinski definition) is 1. The van der Waals surface area contributed by atoms with Gasteiger partial charge in [0, 0.05) is 43.1 Å². The lowest BCUT2D eigenvalue weighted by molar-refractivity contribution is -0.199. The van der Waals surface area contributed by atoms with Gasteiger partial charge in [0.15, 0.2) is 0 Å². The average molecular weight is 580 g/mol. The normalized spacial score (nSPS) is 22.2. The fraction of sp³-hybridized carbons (Fsp3) is 0.433. The van der Waals surface area contributed by atoms with Crippen molar-refractivity contribution in [1.82, 2.24) is 20.0 Å². The third-order valence-electron chi connectivity index (χ3n) is 9.22. The van der Waals surface area contributed by atoms with Crippen LogP contribution in [0.15, 0.2) is 42.7 Å². The van der Waals surface area contributed by atoms with Crippen LogP contribution in [0, 0.1) is 5.41 Å². The molecule has 1 N–H and O–H groups in total. The highest BCUT2D eigenvalue weighted by molar-refractivity contribution is 6.27. The Hall–Kier alpha value is -4.22. The molecule has 2 saturated heterocycles. The molecule has 1 aliphatic carbocycles. The van der Waals surface area contributed by atoms with E-state index in [0.29, 0.717) is 30.5 Å². The van der Waals surface area contributed by atoms with Crippen molar-refractivity contribution < 1.29 is 32.3 Å². The molecule has 4 heterocycles. The molecule has 4 aliphatic rings. The number of alkyl halides is 3. The molecule has 2 aromatic carbocycles. The summed E-state index contributed by atoms with van der Waals surface area (Å²) >= 11 is 0. The van der Waals surface area contributed by atoms with Crippen molar-refractivity contribution in [2.45, 2.75) is 63.2 Å². The smallest absolute Gasteiger partial charge is 0.342 e. The molecular formula is C30H28F3N5O4. The van der Waals surface area contributed by atoms with E-state index in [1.54, 1.807) is 12.3 Å². The Balaban J connectivity index is 1.07. The molecule has 1 unspecified atom stereocenters. The van der Waals surface area contributed by atoms with E-state index in [-0.39, 0.29) is 56.6 Å². The molecule has 1 saturated carbocycles. The summed E-state index contributed by atoms with van der Waals surface area (Å²) in [4.78, 5) is 53.1. The lowest BCUT2D eigenvalue weighted by atomic mass is 9.97. The predicted molar refractivity (Wildman–Crippen MR) is 145 cm³/mol. The minimum Gasteiger partial charge on any atom is -0.342 e. The molecule has 3 fully saturated rings. The maximum absolute atomic E-state index is 13.4. The summed E-state index contributed by atoms with van der Waals surface area (Å²) < 4.78 is 42.1. The maximum atomic E-state index is 13.4. The Morgan fingerprint density at radius 2 is 1.81 bits per heavy atom. The summed E-state index contributed by atoms with van der Waals surface area (Å²) in [7, 11) is 0. The Bertz CT molecular complexity index is 1650. The van der Waals surface area contributed by atoms with Crippen LogP contribution >= 0.6 is 0 Å². The third kappa shape index (κ3) is 4.10. The molecule has 3 aliphatic heterocycles. The van der Waals surface area contributed by atoms with Crippen LogP contribution in [0.25, 0.3) is 10.8 Å². The van der Waals surface area contributed by atoms with E-state index < -0.39 is 29.4 Å². The highest BCUT2D eigenvalue weighted by atomic mass is 19.4. The highest BCUT2D eigenvalue weighted by Gasteiger charge is 2.69. The van der Waals surface area contributed by atoms with Crippen molar-refractivity contribution in [2.24, 2.45) is 5.41 Å². The number of aromatic nitrogens is 2. The van der Waals surface area contributed by atoms with Gasteiger partial charge in [-0.05, 0) is 60.7 Å². The molecule has 42 heavy (non-hydrogen) atoms. The molecule has 12 heteroatoms. The van der Waals surface area contributed by atoms with Crippen molar-refractivity contribution in [3.05, 3.63) is 59.4 Å². The zero-order chi connectivity index (χ0) is 29.4. The fourth-order valence-electron chi connectivity index (χ4n) is 6.73. The highest BCUT2D eigenvalue weighted by Crippen LogP contribution is 2.58. The number of carbonyl (C=O) groups excluding carboxylic acids is 4. The first-order chi connectivity index (χ1) is 20.1. The van der Waals surface area contributed by atoms with Crippen LogP contribution in [0.3, 0.4) is 0 Å². The first-order valence-electron chi connectivity index (χ1n) is 14.2. The third-order valence-corrected chi connectivity index (χ3v) is 9.22. The van der Waals surface area contributed by atoms with Gasteiger partial charge in [0.2, 0.25) is 17.7 Å². The molecule has 9 nitrogen and oxygen atoms in total. The van der Waals surface area contributed by atoms with Gasteiger partial charge in [-0.15, -0.1) is 0 Å². The topological polar surface area (TPSA) is 105 Å². The van der Waals surface area contributed by atoms with Gasteiger partial charge in [0.25, 0.3) is 5.91 Å². The van der Waals surface area contributed by atoms with Crippen molar-refractivity contribution in [1.29, 1.82) is 0 Å². The van der Waals surface area contributed by atoms with Gasteiger partial charge < -0.3 is 4.90 Å². The Kier molecular flexibility index (Phi) is 5.97. The van der Waals surface area contributed by atoms with Crippen molar-refractivity contribution in [2.75, 3.05) is 18.0 Å². The van der Waals surface area contributed by atoms with E-state index in [9.17, 15) is 32.3 Å². The number of benzene rings is 2.